The van der Waals surface area contributed by atoms with Crippen molar-refractivity contribution in [1.29, 1.82) is 0 Å². The monoisotopic (exact) mass is 460 g/mol. The molecule has 1 aromatic heterocycles. The minimum atomic E-state index is -0.306. The number of rotatable bonds is 7. The van der Waals surface area contributed by atoms with Gasteiger partial charge in [-0.05, 0) is 53.4 Å². The molecule has 0 aliphatic rings. The summed E-state index contributed by atoms with van der Waals surface area (Å²) in [6.45, 7) is 1.87. The lowest BCUT2D eigenvalue weighted by molar-refractivity contribution is -0.117. The van der Waals surface area contributed by atoms with Gasteiger partial charge in [-0.15, -0.1) is 0 Å². The summed E-state index contributed by atoms with van der Waals surface area (Å²) in [5.41, 5.74) is 4.61. The van der Waals surface area contributed by atoms with Gasteiger partial charge >= 0.3 is 4.87 Å². The number of aromatic hydroxyl groups is 1. The first-order valence-corrected chi connectivity index (χ1v) is 11.3. The van der Waals surface area contributed by atoms with Crippen LogP contribution in [0.4, 0.5) is 5.69 Å². The summed E-state index contributed by atoms with van der Waals surface area (Å²) in [5, 5.41) is 12.8. The molecular formula is C26H24N2O4S. The zero-order chi connectivity index (χ0) is 23.4. The molecule has 7 heteroatoms. The van der Waals surface area contributed by atoms with E-state index in [0.29, 0.717) is 11.3 Å². The van der Waals surface area contributed by atoms with Gasteiger partial charge < -0.3 is 15.2 Å². The van der Waals surface area contributed by atoms with E-state index in [4.69, 9.17) is 4.74 Å². The normalized spacial score (nSPS) is 11.7. The maximum Gasteiger partial charge on any atom is 0.307 e. The lowest BCUT2D eigenvalue weighted by atomic mass is 9.99. The Bertz CT molecular complexity index is 1310. The third-order valence-corrected chi connectivity index (χ3v) is 6.36. The number of benzene rings is 3. The highest BCUT2D eigenvalue weighted by Crippen LogP contribution is 2.26. The van der Waals surface area contributed by atoms with E-state index >= 15 is 0 Å². The van der Waals surface area contributed by atoms with Crippen LogP contribution in [0.3, 0.4) is 0 Å². The van der Waals surface area contributed by atoms with Crippen LogP contribution in [0.25, 0.3) is 11.1 Å². The van der Waals surface area contributed by atoms with Crippen molar-refractivity contribution in [2.45, 2.75) is 19.3 Å². The molecule has 0 radical (unpaired) electrons. The van der Waals surface area contributed by atoms with Gasteiger partial charge in [0.2, 0.25) is 11.8 Å². The number of H-pyrrole nitrogens is 1. The summed E-state index contributed by atoms with van der Waals surface area (Å²) in [5.74, 6) is 0.296. The van der Waals surface area contributed by atoms with Gasteiger partial charge in [-0.1, -0.05) is 59.9 Å². The van der Waals surface area contributed by atoms with Gasteiger partial charge in [0.15, 0.2) is 0 Å². The van der Waals surface area contributed by atoms with Crippen LogP contribution >= 0.6 is 11.3 Å². The predicted molar refractivity (Wildman–Crippen MR) is 131 cm³/mol. The summed E-state index contributed by atoms with van der Waals surface area (Å²) in [4.78, 5) is 26.9. The molecule has 6 nitrogen and oxygen atoms in total. The number of thiazole rings is 1. The van der Waals surface area contributed by atoms with Crippen LogP contribution in [0.1, 0.15) is 28.8 Å². The molecule has 4 rings (SSSR count). The largest absolute Gasteiger partial charge is 0.497 e. The fraction of sp³-hybridized carbons (Fsp3) is 0.154. The van der Waals surface area contributed by atoms with E-state index in [-0.39, 0.29) is 22.6 Å². The number of carbonyl (C=O) groups is 1. The van der Waals surface area contributed by atoms with Crippen LogP contribution in [0, 0.1) is 0 Å². The lowest BCUT2D eigenvalue weighted by Gasteiger charge is -2.14. The molecule has 0 aliphatic heterocycles. The van der Waals surface area contributed by atoms with Crippen LogP contribution in [0.15, 0.2) is 77.6 Å². The van der Waals surface area contributed by atoms with E-state index in [1.165, 1.54) is 0 Å². The standard InChI is InChI=1S/C26H24N2O4S/c1-16(18-10-12-22(32-2)13-11-18)24(29)27-21-5-3-4-20(15-21)19-8-6-17(7-9-19)14-23-25(30)28-26(31)33-23/h3-13,15-16,30H,14H2,1-2H3,(H,27,29)(H,28,31). The molecule has 0 aliphatic carbocycles. The molecule has 0 fully saturated rings. The Morgan fingerprint density at radius 1 is 1.06 bits per heavy atom. The number of aromatic nitrogens is 1. The molecule has 33 heavy (non-hydrogen) atoms. The summed E-state index contributed by atoms with van der Waals surface area (Å²) in [6, 6.07) is 23.1. The Labute approximate surface area is 195 Å². The predicted octanol–water partition coefficient (Wildman–Crippen LogP) is 5.15. The number of hydrogen-bond acceptors (Lipinski definition) is 5. The second-order valence-corrected chi connectivity index (χ2v) is 8.79. The first kappa shape index (κ1) is 22.4. The number of amides is 1. The maximum atomic E-state index is 12.8. The molecule has 0 saturated carbocycles. The summed E-state index contributed by atoms with van der Waals surface area (Å²) < 4.78 is 5.18. The summed E-state index contributed by atoms with van der Waals surface area (Å²) in [6.07, 6.45) is 0.481. The van der Waals surface area contributed by atoms with Crippen molar-refractivity contribution in [2.24, 2.45) is 0 Å². The van der Waals surface area contributed by atoms with Crippen molar-refractivity contribution in [3.05, 3.63) is 98.5 Å². The molecular weight excluding hydrogens is 436 g/mol. The van der Waals surface area contributed by atoms with Gasteiger partial charge in [0.1, 0.15) is 5.75 Å². The Kier molecular flexibility index (Phi) is 6.60. The van der Waals surface area contributed by atoms with E-state index in [9.17, 15) is 14.7 Å². The Morgan fingerprint density at radius 2 is 1.79 bits per heavy atom. The van der Waals surface area contributed by atoms with Crippen LogP contribution in [-0.2, 0) is 11.2 Å². The number of carbonyl (C=O) groups excluding carboxylic acids is 1. The van der Waals surface area contributed by atoms with Gasteiger partial charge in [-0.2, -0.15) is 0 Å². The number of aromatic amines is 1. The van der Waals surface area contributed by atoms with Crippen LogP contribution in [0.5, 0.6) is 11.6 Å². The Morgan fingerprint density at radius 3 is 2.42 bits per heavy atom. The molecule has 4 aromatic rings. The van der Waals surface area contributed by atoms with Crippen molar-refractivity contribution in [3.8, 4) is 22.8 Å². The second-order valence-electron chi connectivity index (χ2n) is 7.72. The molecule has 0 spiro atoms. The van der Waals surface area contributed by atoms with Gasteiger partial charge in [-0.3, -0.25) is 14.6 Å². The average Bonchev–Trinajstić information content (AvgIpc) is 3.15. The average molecular weight is 461 g/mol. The molecule has 3 aromatic carbocycles. The van der Waals surface area contributed by atoms with E-state index in [2.05, 4.69) is 10.3 Å². The first-order valence-electron chi connectivity index (χ1n) is 10.5. The summed E-state index contributed by atoms with van der Waals surface area (Å²) in [7, 11) is 1.61. The zero-order valence-electron chi connectivity index (χ0n) is 18.3. The van der Waals surface area contributed by atoms with Gasteiger partial charge in [-0.25, -0.2) is 0 Å². The molecule has 3 N–H and O–H groups in total. The third kappa shape index (κ3) is 5.32. The zero-order valence-corrected chi connectivity index (χ0v) is 19.1. The van der Waals surface area contributed by atoms with Crippen LogP contribution in [0.2, 0.25) is 0 Å². The Hall–Kier alpha value is -3.84. The van der Waals surface area contributed by atoms with Gasteiger partial charge in [0.05, 0.1) is 17.9 Å². The van der Waals surface area contributed by atoms with E-state index in [1.54, 1.807) is 7.11 Å². The van der Waals surface area contributed by atoms with Crippen LogP contribution < -0.4 is 14.9 Å². The summed E-state index contributed by atoms with van der Waals surface area (Å²) >= 11 is 1.01. The number of methoxy groups -OCH3 is 1. The van der Waals surface area contributed by atoms with Crippen LogP contribution in [-0.4, -0.2) is 23.1 Å². The molecule has 1 amide bonds. The van der Waals surface area contributed by atoms with Crippen molar-refractivity contribution < 1.29 is 14.6 Å². The van der Waals surface area contributed by atoms with Crippen molar-refractivity contribution in [3.63, 3.8) is 0 Å². The molecule has 168 valence electrons. The Balaban J connectivity index is 1.45. The third-order valence-electron chi connectivity index (χ3n) is 5.49. The van der Waals surface area contributed by atoms with Crippen molar-refractivity contribution in [2.75, 3.05) is 12.4 Å². The minimum absolute atomic E-state index is 0.0682. The SMILES string of the molecule is COc1ccc(C(C)C(=O)Nc2cccc(-c3ccc(Cc4sc(=O)[nH]c4O)cc3)c2)cc1. The maximum absolute atomic E-state index is 12.8. The van der Waals surface area contributed by atoms with Crippen molar-refractivity contribution in [1.82, 2.24) is 4.98 Å². The quantitative estimate of drug-likeness (QED) is 0.356. The first-order chi connectivity index (χ1) is 15.9. The smallest absolute Gasteiger partial charge is 0.307 e. The molecule has 1 atom stereocenters. The highest BCUT2D eigenvalue weighted by molar-refractivity contribution is 7.09. The van der Waals surface area contributed by atoms with Crippen molar-refractivity contribution >= 4 is 22.9 Å². The highest BCUT2D eigenvalue weighted by Gasteiger charge is 2.16. The lowest BCUT2D eigenvalue weighted by Crippen LogP contribution is -2.18. The molecule has 1 heterocycles. The van der Waals surface area contributed by atoms with E-state index in [0.717, 1.165) is 45.0 Å². The number of ether oxygens (including phenoxy) is 1. The molecule has 1 unspecified atom stereocenters. The second kappa shape index (κ2) is 9.75. The molecule has 0 bridgehead atoms. The fourth-order valence-electron chi connectivity index (χ4n) is 3.54. The minimum Gasteiger partial charge on any atom is -0.497 e. The molecule has 0 saturated heterocycles. The number of nitrogens with one attached hydrogen (secondary N) is 2. The van der Waals surface area contributed by atoms with Gasteiger partial charge in [0, 0.05) is 12.1 Å². The number of anilines is 1. The highest BCUT2D eigenvalue weighted by atomic mass is 32.1. The van der Waals surface area contributed by atoms with E-state index in [1.807, 2.05) is 79.7 Å². The topological polar surface area (TPSA) is 91.4 Å². The number of hydrogen-bond donors (Lipinski definition) is 3. The fourth-order valence-corrected chi connectivity index (χ4v) is 4.30. The van der Waals surface area contributed by atoms with Gasteiger partial charge in [0.25, 0.3) is 0 Å². The van der Waals surface area contributed by atoms with E-state index < -0.39 is 0 Å².